The maximum Gasteiger partial charge on any atom is 0.308 e. The van der Waals surface area contributed by atoms with Crippen molar-refractivity contribution >= 4 is 5.97 Å². The highest BCUT2D eigenvalue weighted by Gasteiger charge is 2.50. The number of hydrogen-bond donors (Lipinski definition) is 0. The van der Waals surface area contributed by atoms with Gasteiger partial charge >= 0.3 is 5.97 Å². The fourth-order valence-corrected chi connectivity index (χ4v) is 7.05. The van der Waals surface area contributed by atoms with Crippen LogP contribution in [0.2, 0.25) is 0 Å². The monoisotopic (exact) mass is 454 g/mol. The van der Waals surface area contributed by atoms with Crippen molar-refractivity contribution in [3.63, 3.8) is 0 Å². The number of esters is 1. The normalized spacial score (nSPS) is 33.7. The molecule has 0 amide bonds. The minimum absolute atomic E-state index is 0.00854. The summed E-state index contributed by atoms with van der Waals surface area (Å²) >= 11 is 0. The molecule has 186 valence electrons. The van der Waals surface area contributed by atoms with Gasteiger partial charge in [0.2, 0.25) is 0 Å². The predicted molar refractivity (Wildman–Crippen MR) is 140 cm³/mol. The summed E-state index contributed by atoms with van der Waals surface area (Å²) in [4.78, 5) is 12.1. The molecule has 0 radical (unpaired) electrons. The van der Waals surface area contributed by atoms with Gasteiger partial charge in [0.1, 0.15) is 6.10 Å². The zero-order chi connectivity index (χ0) is 24.2. The molecule has 5 atom stereocenters. The van der Waals surface area contributed by atoms with Crippen LogP contribution < -0.4 is 0 Å². The molecule has 0 aromatic carbocycles. The zero-order valence-corrected chi connectivity index (χ0v) is 22.4. The van der Waals surface area contributed by atoms with Gasteiger partial charge in [-0.2, -0.15) is 0 Å². The number of allylic oxidation sites excluding steroid dienone is 4. The van der Waals surface area contributed by atoms with Gasteiger partial charge < -0.3 is 4.74 Å². The average molecular weight is 455 g/mol. The number of rotatable bonds is 8. The lowest BCUT2D eigenvalue weighted by Crippen LogP contribution is -2.36. The van der Waals surface area contributed by atoms with E-state index in [1.807, 2.05) is 13.8 Å². The van der Waals surface area contributed by atoms with Crippen LogP contribution in [0.4, 0.5) is 0 Å². The summed E-state index contributed by atoms with van der Waals surface area (Å²) in [5.74, 6) is 3.14. The molecule has 0 N–H and O–H groups in total. The molecule has 2 heteroatoms. The van der Waals surface area contributed by atoms with E-state index in [2.05, 4.69) is 46.4 Å². The van der Waals surface area contributed by atoms with Crippen LogP contribution in [0.5, 0.6) is 0 Å². The lowest BCUT2D eigenvalue weighted by atomic mass is 9.60. The minimum atomic E-state index is -0.0761. The van der Waals surface area contributed by atoms with Crippen molar-refractivity contribution in [1.29, 1.82) is 0 Å². The van der Waals surface area contributed by atoms with Crippen LogP contribution >= 0.6 is 0 Å². The second-order valence-electron chi connectivity index (χ2n) is 12.4. The van der Waals surface area contributed by atoms with Crippen molar-refractivity contribution in [2.75, 3.05) is 0 Å². The van der Waals surface area contributed by atoms with Crippen LogP contribution in [0, 0.1) is 35.0 Å². The van der Waals surface area contributed by atoms with E-state index in [4.69, 9.17) is 4.74 Å². The van der Waals surface area contributed by atoms with Gasteiger partial charge in [0.15, 0.2) is 0 Å². The van der Waals surface area contributed by atoms with Crippen LogP contribution in [0.25, 0.3) is 0 Å². The highest BCUT2D eigenvalue weighted by molar-refractivity contribution is 5.71. The van der Waals surface area contributed by atoms with E-state index in [9.17, 15) is 4.79 Å². The standard InChI is InChI=1S/C31H50O2/c1-21(2)10-8-11-24(6)28-17-18-29-25(12-9-19-31(28,29)7)14-15-26-20-27(16-13-23(26)5)33-30(32)22(3)4/h14-15,21-22,24,27-29H,5,8-13,16-20H2,1-4,6-7H3/b25-14+,26-15-/t24-,27+,28-,29+,31-/m1/s1. The van der Waals surface area contributed by atoms with Gasteiger partial charge in [-0.3, -0.25) is 4.79 Å². The highest BCUT2D eigenvalue weighted by Crippen LogP contribution is 2.60. The Bertz CT molecular complexity index is 755. The number of ether oxygens (including phenoxy) is 1. The van der Waals surface area contributed by atoms with Crippen molar-refractivity contribution in [3.05, 3.63) is 35.5 Å². The third kappa shape index (κ3) is 6.43. The van der Waals surface area contributed by atoms with E-state index in [0.717, 1.165) is 42.9 Å². The van der Waals surface area contributed by atoms with Gasteiger partial charge in [0.25, 0.3) is 0 Å². The van der Waals surface area contributed by atoms with Crippen molar-refractivity contribution in [3.8, 4) is 0 Å². The topological polar surface area (TPSA) is 26.3 Å². The summed E-state index contributed by atoms with van der Waals surface area (Å²) in [6, 6.07) is 0. The molecule has 0 spiro atoms. The smallest absolute Gasteiger partial charge is 0.308 e. The average Bonchev–Trinajstić information content (AvgIpc) is 3.11. The number of fused-ring (bicyclic) bond motifs is 1. The Hall–Kier alpha value is -1.31. The van der Waals surface area contributed by atoms with Crippen molar-refractivity contribution in [1.82, 2.24) is 0 Å². The first-order valence-corrected chi connectivity index (χ1v) is 13.9. The van der Waals surface area contributed by atoms with Gasteiger partial charge in [-0.15, -0.1) is 0 Å². The Kier molecular flexibility index (Phi) is 9.09. The predicted octanol–water partition coefficient (Wildman–Crippen LogP) is 8.83. The molecule has 3 saturated carbocycles. The highest BCUT2D eigenvalue weighted by atomic mass is 16.5. The Labute approximate surface area is 204 Å². The molecule has 3 aliphatic rings. The first kappa shape index (κ1) is 26.3. The van der Waals surface area contributed by atoms with Gasteiger partial charge in [-0.25, -0.2) is 0 Å². The maximum atomic E-state index is 12.1. The van der Waals surface area contributed by atoms with Crippen LogP contribution in [-0.4, -0.2) is 12.1 Å². The van der Waals surface area contributed by atoms with Crippen LogP contribution in [0.3, 0.4) is 0 Å². The molecule has 3 fully saturated rings. The summed E-state index contributed by atoms with van der Waals surface area (Å²) in [5, 5.41) is 0. The Morgan fingerprint density at radius 2 is 1.85 bits per heavy atom. The summed E-state index contributed by atoms with van der Waals surface area (Å²) < 4.78 is 5.75. The number of carbonyl (C=O) groups excluding carboxylic acids is 1. The first-order chi connectivity index (χ1) is 15.6. The lowest BCUT2D eigenvalue weighted by molar-refractivity contribution is -0.153. The third-order valence-electron chi connectivity index (χ3n) is 9.09. The van der Waals surface area contributed by atoms with Gasteiger partial charge in [0, 0.05) is 6.42 Å². The summed E-state index contributed by atoms with van der Waals surface area (Å²) in [6.45, 7) is 18.0. The number of hydrogen-bond acceptors (Lipinski definition) is 2. The molecule has 0 aliphatic heterocycles. The van der Waals surface area contributed by atoms with E-state index in [0.29, 0.717) is 5.41 Å². The molecule has 0 saturated heterocycles. The molecule has 2 nitrogen and oxygen atoms in total. The third-order valence-corrected chi connectivity index (χ3v) is 9.09. The fraction of sp³-hybridized carbons (Fsp3) is 0.774. The Balaban J connectivity index is 1.68. The molecule has 0 aromatic rings. The molecular weight excluding hydrogens is 404 g/mol. The molecule has 33 heavy (non-hydrogen) atoms. The molecule has 0 bridgehead atoms. The van der Waals surface area contributed by atoms with E-state index >= 15 is 0 Å². The first-order valence-electron chi connectivity index (χ1n) is 13.9. The molecule has 0 heterocycles. The summed E-state index contributed by atoms with van der Waals surface area (Å²) in [7, 11) is 0. The Morgan fingerprint density at radius 3 is 2.55 bits per heavy atom. The van der Waals surface area contributed by atoms with Gasteiger partial charge in [0.05, 0.1) is 5.92 Å². The SMILES string of the molecule is C=C1CC[C@H](OC(=O)C(C)C)C/C1=C/C=C1\CCC[C@]2(C)[C@@H]([C@H](C)CCCC(C)C)CC[C@@H]12. The van der Waals surface area contributed by atoms with Crippen molar-refractivity contribution in [2.45, 2.75) is 118 Å². The second kappa shape index (κ2) is 11.4. The van der Waals surface area contributed by atoms with Gasteiger partial charge in [-0.05, 0) is 79.6 Å². The quantitative estimate of drug-likeness (QED) is 0.342. The van der Waals surface area contributed by atoms with Gasteiger partial charge in [-0.1, -0.05) is 90.7 Å². The zero-order valence-electron chi connectivity index (χ0n) is 22.4. The number of carbonyl (C=O) groups is 1. The largest absolute Gasteiger partial charge is 0.462 e. The van der Waals surface area contributed by atoms with E-state index in [1.54, 1.807) is 5.57 Å². The Morgan fingerprint density at radius 1 is 1.09 bits per heavy atom. The molecule has 0 unspecified atom stereocenters. The van der Waals surface area contributed by atoms with E-state index in [-0.39, 0.29) is 18.0 Å². The van der Waals surface area contributed by atoms with Crippen molar-refractivity contribution in [2.24, 2.45) is 35.0 Å². The van der Waals surface area contributed by atoms with Crippen molar-refractivity contribution < 1.29 is 9.53 Å². The van der Waals surface area contributed by atoms with Crippen LogP contribution in [-0.2, 0) is 9.53 Å². The summed E-state index contributed by atoms with van der Waals surface area (Å²) in [5.41, 5.74) is 4.66. The molecular formula is C31H50O2. The minimum Gasteiger partial charge on any atom is -0.462 e. The van der Waals surface area contributed by atoms with E-state index in [1.165, 1.54) is 62.5 Å². The maximum absolute atomic E-state index is 12.1. The summed E-state index contributed by atoms with van der Waals surface area (Å²) in [6.07, 6.45) is 18.3. The second-order valence-corrected chi connectivity index (χ2v) is 12.4. The molecule has 3 aliphatic carbocycles. The molecule has 3 rings (SSSR count). The fourth-order valence-electron chi connectivity index (χ4n) is 7.05. The lowest BCUT2D eigenvalue weighted by Gasteiger charge is -2.44. The molecule has 0 aromatic heterocycles. The van der Waals surface area contributed by atoms with Crippen LogP contribution in [0.1, 0.15) is 112 Å². The van der Waals surface area contributed by atoms with E-state index < -0.39 is 0 Å². The van der Waals surface area contributed by atoms with Crippen LogP contribution in [0.15, 0.2) is 35.5 Å².